The lowest BCUT2D eigenvalue weighted by Crippen LogP contribution is -2.44. The van der Waals surface area contributed by atoms with E-state index in [1.165, 1.54) is 4.68 Å². The van der Waals surface area contributed by atoms with Gasteiger partial charge >= 0.3 is 0 Å². The van der Waals surface area contributed by atoms with Crippen LogP contribution in [-0.4, -0.2) is 43.4 Å². The molecule has 0 bridgehead atoms. The number of benzene rings is 1. The minimum absolute atomic E-state index is 0.137. The molecule has 2 N–H and O–H groups in total. The van der Waals surface area contributed by atoms with E-state index in [1.54, 1.807) is 6.20 Å². The van der Waals surface area contributed by atoms with Gasteiger partial charge in [0.05, 0.1) is 18.4 Å². The Labute approximate surface area is 174 Å². The Bertz CT molecular complexity index is 1280. The van der Waals surface area contributed by atoms with Gasteiger partial charge in [-0.1, -0.05) is 24.3 Å². The standard InChI is InChI=1S/C22H25N7O/c1-2-28-20-19(26-22(28)27-9-5-8-17(23)13-27)12-25-29(21(20)30)14-18-10-15-6-3-4-7-16(15)11-24-18/h3-4,6-7,10-12,17H,2,5,8-9,13-14,23H2,1H3/t17-/m1/s1. The van der Waals surface area contributed by atoms with Crippen LogP contribution >= 0.6 is 0 Å². The van der Waals surface area contributed by atoms with Crippen LogP contribution in [-0.2, 0) is 13.1 Å². The molecular formula is C22H25N7O. The van der Waals surface area contributed by atoms with E-state index in [4.69, 9.17) is 10.7 Å². The Morgan fingerprint density at radius 1 is 1.20 bits per heavy atom. The highest BCUT2D eigenvalue weighted by molar-refractivity contribution is 5.81. The zero-order valence-electron chi connectivity index (χ0n) is 17.0. The molecule has 1 fully saturated rings. The Morgan fingerprint density at radius 2 is 2.03 bits per heavy atom. The highest BCUT2D eigenvalue weighted by atomic mass is 16.1. The Morgan fingerprint density at radius 3 is 2.83 bits per heavy atom. The molecule has 0 amide bonds. The Kier molecular flexibility index (Phi) is 4.71. The van der Waals surface area contributed by atoms with Crippen LogP contribution in [0.1, 0.15) is 25.5 Å². The van der Waals surface area contributed by atoms with Crippen molar-refractivity contribution in [1.29, 1.82) is 0 Å². The maximum atomic E-state index is 13.3. The van der Waals surface area contributed by atoms with Gasteiger partial charge in [-0.05, 0) is 31.2 Å². The summed E-state index contributed by atoms with van der Waals surface area (Å²) in [5, 5.41) is 6.55. The van der Waals surface area contributed by atoms with E-state index >= 15 is 0 Å². The molecule has 0 aliphatic carbocycles. The second kappa shape index (κ2) is 7.53. The van der Waals surface area contributed by atoms with E-state index in [-0.39, 0.29) is 11.6 Å². The van der Waals surface area contributed by atoms with Crippen molar-refractivity contribution >= 4 is 27.8 Å². The lowest BCUT2D eigenvalue weighted by atomic mass is 10.1. The number of rotatable bonds is 4. The topological polar surface area (TPSA) is 94.9 Å². The van der Waals surface area contributed by atoms with Crippen LogP contribution in [0.3, 0.4) is 0 Å². The van der Waals surface area contributed by atoms with Crippen molar-refractivity contribution in [3.63, 3.8) is 0 Å². The minimum atomic E-state index is -0.149. The normalized spacial score (nSPS) is 17.1. The van der Waals surface area contributed by atoms with Crippen LogP contribution in [0.5, 0.6) is 0 Å². The molecule has 1 aromatic carbocycles. The number of anilines is 1. The third kappa shape index (κ3) is 3.23. The predicted octanol–water partition coefficient (Wildman–Crippen LogP) is 2.14. The van der Waals surface area contributed by atoms with Crippen LogP contribution in [0.15, 0.2) is 47.5 Å². The maximum absolute atomic E-state index is 13.3. The van der Waals surface area contributed by atoms with E-state index in [0.717, 1.165) is 48.3 Å². The third-order valence-electron chi connectivity index (χ3n) is 5.79. The number of aromatic nitrogens is 5. The van der Waals surface area contributed by atoms with Gasteiger partial charge in [-0.15, -0.1) is 0 Å². The van der Waals surface area contributed by atoms with E-state index in [1.807, 2.05) is 48.0 Å². The lowest BCUT2D eigenvalue weighted by Gasteiger charge is -2.31. The van der Waals surface area contributed by atoms with Crippen LogP contribution in [0.25, 0.3) is 21.8 Å². The van der Waals surface area contributed by atoms with E-state index in [9.17, 15) is 4.79 Å². The fourth-order valence-corrected chi connectivity index (χ4v) is 4.29. The van der Waals surface area contributed by atoms with Crippen LogP contribution in [0.2, 0.25) is 0 Å². The number of aryl methyl sites for hydroxylation is 1. The summed E-state index contributed by atoms with van der Waals surface area (Å²) in [7, 11) is 0. The summed E-state index contributed by atoms with van der Waals surface area (Å²) in [6, 6.07) is 10.2. The minimum Gasteiger partial charge on any atom is -0.341 e. The summed E-state index contributed by atoms with van der Waals surface area (Å²) in [5.41, 5.74) is 8.02. The number of imidazole rings is 1. The molecule has 0 unspecified atom stereocenters. The summed E-state index contributed by atoms with van der Waals surface area (Å²) in [6.45, 7) is 4.67. The number of piperidine rings is 1. The number of nitrogens with zero attached hydrogens (tertiary/aromatic N) is 6. The van der Waals surface area contributed by atoms with Crippen LogP contribution in [0.4, 0.5) is 5.95 Å². The van der Waals surface area contributed by atoms with Gasteiger partial charge in [0.1, 0.15) is 11.0 Å². The average Bonchev–Trinajstić information content (AvgIpc) is 3.15. The molecule has 154 valence electrons. The average molecular weight is 403 g/mol. The molecule has 1 saturated heterocycles. The second-order valence-corrected chi connectivity index (χ2v) is 7.87. The second-order valence-electron chi connectivity index (χ2n) is 7.87. The largest absolute Gasteiger partial charge is 0.341 e. The molecule has 4 aromatic rings. The SMILES string of the molecule is CCn1c(N2CCC[C@@H](N)C2)nc2cnn(Cc3cc4ccccc4cn3)c(=O)c21. The summed E-state index contributed by atoms with van der Waals surface area (Å²) >= 11 is 0. The van der Waals surface area contributed by atoms with Crippen molar-refractivity contribution < 1.29 is 0 Å². The molecule has 0 saturated carbocycles. The molecule has 1 aliphatic rings. The van der Waals surface area contributed by atoms with E-state index < -0.39 is 0 Å². The first kappa shape index (κ1) is 18.7. The van der Waals surface area contributed by atoms with E-state index in [2.05, 4.69) is 15.0 Å². The Hall–Kier alpha value is -3.26. The molecule has 0 radical (unpaired) electrons. The maximum Gasteiger partial charge on any atom is 0.293 e. The fourth-order valence-electron chi connectivity index (χ4n) is 4.29. The quantitative estimate of drug-likeness (QED) is 0.561. The summed E-state index contributed by atoms with van der Waals surface area (Å²) < 4.78 is 3.46. The van der Waals surface area contributed by atoms with Crippen molar-refractivity contribution in [3.8, 4) is 0 Å². The van der Waals surface area contributed by atoms with Gasteiger partial charge in [0, 0.05) is 37.3 Å². The van der Waals surface area contributed by atoms with Crippen molar-refractivity contribution in [1.82, 2.24) is 24.3 Å². The highest BCUT2D eigenvalue weighted by Gasteiger charge is 2.24. The van der Waals surface area contributed by atoms with Crippen molar-refractivity contribution in [2.24, 2.45) is 5.73 Å². The zero-order valence-corrected chi connectivity index (χ0v) is 17.0. The first-order valence-corrected chi connectivity index (χ1v) is 10.4. The van der Waals surface area contributed by atoms with Crippen molar-refractivity contribution in [2.75, 3.05) is 18.0 Å². The van der Waals surface area contributed by atoms with Gasteiger partial charge in [0.2, 0.25) is 5.95 Å². The molecule has 30 heavy (non-hydrogen) atoms. The molecule has 3 aromatic heterocycles. The first-order valence-electron chi connectivity index (χ1n) is 10.4. The molecule has 8 nitrogen and oxygen atoms in total. The van der Waals surface area contributed by atoms with Crippen molar-refractivity contribution in [3.05, 3.63) is 58.8 Å². The first-order chi connectivity index (χ1) is 14.6. The molecule has 1 atom stereocenters. The number of fused-ring (bicyclic) bond motifs is 2. The molecular weight excluding hydrogens is 378 g/mol. The van der Waals surface area contributed by atoms with Gasteiger partial charge in [-0.2, -0.15) is 5.10 Å². The summed E-state index contributed by atoms with van der Waals surface area (Å²) in [4.78, 5) is 24.7. The van der Waals surface area contributed by atoms with Gasteiger partial charge in [0.25, 0.3) is 5.56 Å². The summed E-state index contributed by atoms with van der Waals surface area (Å²) in [6.07, 6.45) is 5.57. The van der Waals surface area contributed by atoms with Crippen LogP contribution in [0, 0.1) is 0 Å². The fraction of sp³-hybridized carbons (Fsp3) is 0.364. The number of hydrogen-bond acceptors (Lipinski definition) is 6. The number of hydrogen-bond donors (Lipinski definition) is 1. The number of pyridine rings is 1. The Balaban J connectivity index is 1.55. The summed E-state index contributed by atoms with van der Waals surface area (Å²) in [5.74, 6) is 0.808. The van der Waals surface area contributed by atoms with Crippen molar-refractivity contribution in [2.45, 2.75) is 38.9 Å². The van der Waals surface area contributed by atoms with Gasteiger partial charge < -0.3 is 15.2 Å². The smallest absolute Gasteiger partial charge is 0.293 e. The van der Waals surface area contributed by atoms with Gasteiger partial charge in [-0.3, -0.25) is 9.78 Å². The third-order valence-corrected chi connectivity index (χ3v) is 5.79. The van der Waals surface area contributed by atoms with Crippen LogP contribution < -0.4 is 16.2 Å². The van der Waals surface area contributed by atoms with E-state index in [0.29, 0.717) is 24.1 Å². The molecule has 1 aliphatic heterocycles. The van der Waals surface area contributed by atoms with Gasteiger partial charge in [-0.25, -0.2) is 9.67 Å². The zero-order chi connectivity index (χ0) is 20.7. The number of nitrogens with two attached hydrogens (primary N) is 1. The molecule has 5 rings (SSSR count). The lowest BCUT2D eigenvalue weighted by molar-refractivity contribution is 0.494. The highest BCUT2D eigenvalue weighted by Crippen LogP contribution is 2.23. The predicted molar refractivity (Wildman–Crippen MR) is 118 cm³/mol. The van der Waals surface area contributed by atoms with Gasteiger partial charge in [0.15, 0.2) is 0 Å². The monoisotopic (exact) mass is 403 g/mol. The molecule has 0 spiro atoms. The molecule has 8 heteroatoms. The molecule has 4 heterocycles.